The van der Waals surface area contributed by atoms with E-state index in [1.54, 1.807) is 6.07 Å². The van der Waals surface area contributed by atoms with Crippen molar-refractivity contribution in [3.05, 3.63) is 53.5 Å². The first-order chi connectivity index (χ1) is 13.9. The van der Waals surface area contributed by atoms with E-state index in [4.69, 9.17) is 9.15 Å². The van der Waals surface area contributed by atoms with Gasteiger partial charge in [-0.15, -0.1) is 0 Å². The summed E-state index contributed by atoms with van der Waals surface area (Å²) >= 11 is 0. The molecule has 6 heteroatoms. The zero-order valence-electron chi connectivity index (χ0n) is 16.8. The van der Waals surface area contributed by atoms with Crippen LogP contribution < -0.4 is 15.4 Å². The summed E-state index contributed by atoms with van der Waals surface area (Å²) in [6.07, 6.45) is 3.25. The molecule has 0 radical (unpaired) electrons. The third-order valence-corrected chi connectivity index (χ3v) is 7.05. The highest BCUT2D eigenvalue weighted by molar-refractivity contribution is 5.98. The normalized spacial score (nSPS) is 32.4. The first-order valence-electron chi connectivity index (χ1n) is 10.3. The Labute approximate surface area is 170 Å². The fourth-order valence-electron chi connectivity index (χ4n) is 5.54. The second kappa shape index (κ2) is 6.37. The molecule has 1 aromatic heterocycles. The Balaban J connectivity index is 1.35. The van der Waals surface area contributed by atoms with Crippen LogP contribution in [0.3, 0.4) is 0 Å². The minimum absolute atomic E-state index is 0.0589. The van der Waals surface area contributed by atoms with Gasteiger partial charge in [-0.3, -0.25) is 9.59 Å². The summed E-state index contributed by atoms with van der Waals surface area (Å²) in [4.78, 5) is 25.8. The third-order valence-electron chi connectivity index (χ3n) is 7.05. The molecule has 3 saturated carbocycles. The van der Waals surface area contributed by atoms with Gasteiger partial charge in [-0.2, -0.15) is 0 Å². The molecule has 2 aromatic rings. The van der Waals surface area contributed by atoms with Crippen molar-refractivity contribution < 1.29 is 18.7 Å². The topological polar surface area (TPSA) is 80.6 Å². The second-order valence-corrected chi connectivity index (χ2v) is 9.03. The average molecular weight is 394 g/mol. The van der Waals surface area contributed by atoms with Crippen molar-refractivity contribution >= 4 is 11.8 Å². The molecule has 0 saturated heterocycles. The number of ether oxygens (including phenoxy) is 1. The number of furan rings is 1. The van der Waals surface area contributed by atoms with Crippen molar-refractivity contribution in [1.82, 2.24) is 10.6 Å². The molecule has 152 valence electrons. The molecule has 2 N–H and O–H groups in total. The molecule has 2 amide bonds. The molecule has 29 heavy (non-hydrogen) atoms. The lowest BCUT2D eigenvalue weighted by atomic mass is 9.52. The zero-order chi connectivity index (χ0) is 20.2. The van der Waals surface area contributed by atoms with Crippen LogP contribution in [0.5, 0.6) is 5.75 Å². The fourth-order valence-corrected chi connectivity index (χ4v) is 5.54. The van der Waals surface area contributed by atoms with Crippen molar-refractivity contribution in [2.24, 2.45) is 17.3 Å². The molecule has 3 fully saturated rings. The van der Waals surface area contributed by atoms with Crippen LogP contribution in [0, 0.1) is 24.2 Å². The van der Waals surface area contributed by atoms with E-state index in [0.29, 0.717) is 30.7 Å². The number of amides is 2. The molecule has 4 aliphatic rings. The van der Waals surface area contributed by atoms with Crippen LogP contribution in [0.2, 0.25) is 0 Å². The molecule has 1 spiro atoms. The van der Waals surface area contributed by atoms with Crippen molar-refractivity contribution in [2.45, 2.75) is 51.8 Å². The van der Waals surface area contributed by atoms with Gasteiger partial charge < -0.3 is 19.8 Å². The third kappa shape index (κ3) is 2.93. The van der Waals surface area contributed by atoms with Crippen molar-refractivity contribution in [1.29, 1.82) is 0 Å². The highest BCUT2D eigenvalue weighted by Crippen LogP contribution is 2.58. The van der Waals surface area contributed by atoms with Gasteiger partial charge >= 0.3 is 0 Å². The van der Waals surface area contributed by atoms with Gasteiger partial charge in [-0.05, 0) is 55.9 Å². The van der Waals surface area contributed by atoms with E-state index >= 15 is 0 Å². The Bertz CT molecular complexity index is 983. The van der Waals surface area contributed by atoms with Gasteiger partial charge in [0.05, 0.1) is 12.1 Å². The predicted molar refractivity (Wildman–Crippen MR) is 106 cm³/mol. The molecular formula is C23H26N2O4. The summed E-state index contributed by atoms with van der Waals surface area (Å²) in [5, 5.41) is 6.20. The second-order valence-electron chi connectivity index (χ2n) is 9.03. The molecule has 6 rings (SSSR count). The van der Waals surface area contributed by atoms with Gasteiger partial charge in [0.15, 0.2) is 5.72 Å². The Morgan fingerprint density at radius 1 is 1.28 bits per heavy atom. The van der Waals surface area contributed by atoms with Crippen LogP contribution >= 0.6 is 0 Å². The van der Waals surface area contributed by atoms with E-state index in [2.05, 4.69) is 17.6 Å². The number of benzene rings is 1. The Kier molecular flexibility index (Phi) is 4.02. The van der Waals surface area contributed by atoms with Crippen LogP contribution in [0.15, 0.2) is 40.8 Å². The van der Waals surface area contributed by atoms with Gasteiger partial charge in [-0.1, -0.05) is 19.1 Å². The van der Waals surface area contributed by atoms with E-state index in [1.165, 1.54) is 0 Å². The monoisotopic (exact) mass is 394 g/mol. The molecule has 1 aliphatic heterocycles. The number of aryl methyl sites for hydroxylation is 1. The lowest BCUT2D eigenvalue weighted by Gasteiger charge is -2.59. The number of rotatable bonds is 3. The van der Waals surface area contributed by atoms with E-state index in [9.17, 15) is 9.59 Å². The average Bonchev–Trinajstić information content (AvgIpc) is 3.11. The highest BCUT2D eigenvalue weighted by Gasteiger charge is 2.61. The number of nitrogens with one attached hydrogen (secondary N) is 2. The number of para-hydroxylation sites is 1. The largest absolute Gasteiger partial charge is 0.467 e. The van der Waals surface area contributed by atoms with Crippen LogP contribution in [0.25, 0.3) is 0 Å². The van der Waals surface area contributed by atoms with E-state index in [1.807, 2.05) is 37.3 Å². The summed E-state index contributed by atoms with van der Waals surface area (Å²) in [7, 11) is 0. The minimum Gasteiger partial charge on any atom is -0.467 e. The first-order valence-corrected chi connectivity index (χ1v) is 10.3. The van der Waals surface area contributed by atoms with Gasteiger partial charge in [0.25, 0.3) is 5.91 Å². The van der Waals surface area contributed by atoms with Crippen LogP contribution in [-0.4, -0.2) is 17.5 Å². The van der Waals surface area contributed by atoms with Crippen LogP contribution in [-0.2, 0) is 11.3 Å². The Morgan fingerprint density at radius 2 is 2.10 bits per heavy atom. The van der Waals surface area contributed by atoms with Crippen molar-refractivity contribution in [3.63, 3.8) is 0 Å². The number of carbonyl (C=O) groups is 2. The van der Waals surface area contributed by atoms with E-state index in [-0.39, 0.29) is 29.1 Å². The summed E-state index contributed by atoms with van der Waals surface area (Å²) in [5.41, 5.74) is -0.363. The molecule has 2 heterocycles. The predicted octanol–water partition coefficient (Wildman–Crippen LogP) is 3.55. The highest BCUT2D eigenvalue weighted by atomic mass is 16.5. The maximum absolute atomic E-state index is 13.0. The number of fused-ring (bicyclic) bond motifs is 3. The summed E-state index contributed by atoms with van der Waals surface area (Å²) in [6, 6.07) is 11.2. The van der Waals surface area contributed by atoms with Gasteiger partial charge in [-0.25, -0.2) is 0 Å². The summed E-state index contributed by atoms with van der Waals surface area (Å²) in [6.45, 7) is 4.44. The Hall–Kier alpha value is -2.76. The molecule has 4 atom stereocenters. The molecule has 6 nitrogen and oxygen atoms in total. The lowest BCUT2D eigenvalue weighted by Crippen LogP contribution is -2.69. The quantitative estimate of drug-likeness (QED) is 0.834. The molecule has 3 aliphatic carbocycles. The fraction of sp³-hybridized carbons (Fsp3) is 0.478. The van der Waals surface area contributed by atoms with E-state index < -0.39 is 5.72 Å². The molecule has 1 aromatic carbocycles. The van der Waals surface area contributed by atoms with E-state index in [0.717, 1.165) is 24.4 Å². The summed E-state index contributed by atoms with van der Waals surface area (Å²) in [5.74, 6) is 2.23. The minimum atomic E-state index is -0.715. The van der Waals surface area contributed by atoms with Gasteiger partial charge in [0.1, 0.15) is 17.3 Å². The maximum Gasteiger partial charge on any atom is 0.258 e. The van der Waals surface area contributed by atoms with Gasteiger partial charge in [0.2, 0.25) is 5.91 Å². The smallest absolute Gasteiger partial charge is 0.258 e. The van der Waals surface area contributed by atoms with Crippen molar-refractivity contribution in [2.75, 3.05) is 0 Å². The molecule has 2 bridgehead atoms. The lowest BCUT2D eigenvalue weighted by molar-refractivity contribution is -0.167. The number of hydrogen-bond acceptors (Lipinski definition) is 4. The molecular weight excluding hydrogens is 368 g/mol. The zero-order valence-corrected chi connectivity index (χ0v) is 16.8. The van der Waals surface area contributed by atoms with Crippen molar-refractivity contribution in [3.8, 4) is 5.75 Å². The summed E-state index contributed by atoms with van der Waals surface area (Å²) < 4.78 is 12.0. The van der Waals surface area contributed by atoms with Crippen LogP contribution in [0.1, 0.15) is 54.5 Å². The number of carbonyl (C=O) groups excluding carboxylic acids is 2. The number of hydrogen-bond donors (Lipinski definition) is 2. The van der Waals surface area contributed by atoms with Gasteiger partial charge in [0, 0.05) is 18.3 Å². The first kappa shape index (κ1) is 18.3. The van der Waals surface area contributed by atoms with Crippen LogP contribution in [0.4, 0.5) is 0 Å². The standard InChI is InChI=1S/C23H26N2O4/c1-14-7-8-16(28-14)12-24-21(27)18-11-15-9-10-22(18,2)13-23(15)25-20(26)17-5-3-4-6-19(17)29-23/h3-8,15,18H,9-13H2,1-2H3,(H,24,27)(H,25,26)/t15-,18-,22+,23-/m1/s1. The molecule has 0 unspecified atom stereocenters. The Morgan fingerprint density at radius 3 is 2.86 bits per heavy atom. The maximum atomic E-state index is 13.0. The SMILES string of the molecule is Cc1ccc(CNC(=O)[C@H]2C[C@H]3CC[C@@]2(C)C[C@]32NC(=O)c3ccccc3O2)o1.